The molecule has 0 aliphatic heterocycles. The van der Waals surface area contributed by atoms with E-state index in [0.29, 0.717) is 16.4 Å². The Labute approximate surface area is 121 Å². The van der Waals surface area contributed by atoms with Crippen LogP contribution in [0.3, 0.4) is 0 Å². The van der Waals surface area contributed by atoms with Crippen molar-refractivity contribution >= 4 is 23.2 Å². The lowest BCUT2D eigenvalue weighted by Gasteiger charge is -2.16. The number of benzene rings is 1. The lowest BCUT2D eigenvalue weighted by molar-refractivity contribution is -0.118. The minimum Gasteiger partial charge on any atom is -0.323 e. The Hall–Kier alpha value is -1.99. The molecular formula is C12H15ClN6O. The first-order valence-electron chi connectivity index (χ1n) is 6.08. The Morgan fingerprint density at radius 3 is 2.80 bits per heavy atom. The molecule has 8 heteroatoms. The van der Waals surface area contributed by atoms with E-state index in [0.717, 1.165) is 0 Å². The Balaban J connectivity index is 2.24. The van der Waals surface area contributed by atoms with Crippen LogP contribution in [0.5, 0.6) is 0 Å². The molecular weight excluding hydrogens is 280 g/mol. The van der Waals surface area contributed by atoms with Gasteiger partial charge in [-0.1, -0.05) is 25.4 Å². The number of hydrogen-bond donors (Lipinski definition) is 2. The van der Waals surface area contributed by atoms with Crippen molar-refractivity contribution in [3.63, 3.8) is 0 Å². The van der Waals surface area contributed by atoms with Gasteiger partial charge in [-0.05, 0) is 34.5 Å². The lowest BCUT2D eigenvalue weighted by Crippen LogP contribution is -2.39. The molecule has 0 fully saturated rings. The van der Waals surface area contributed by atoms with Crippen molar-refractivity contribution in [2.24, 2.45) is 11.7 Å². The largest absolute Gasteiger partial charge is 0.323 e. The van der Waals surface area contributed by atoms with Crippen LogP contribution in [0, 0.1) is 5.92 Å². The number of nitrogens with one attached hydrogen (secondary N) is 1. The van der Waals surface area contributed by atoms with E-state index in [4.69, 9.17) is 17.3 Å². The molecule has 0 bridgehead atoms. The summed E-state index contributed by atoms with van der Waals surface area (Å²) in [5.41, 5.74) is 6.96. The van der Waals surface area contributed by atoms with Gasteiger partial charge in [0.25, 0.3) is 0 Å². The van der Waals surface area contributed by atoms with E-state index in [1.807, 2.05) is 13.8 Å². The molecule has 20 heavy (non-hydrogen) atoms. The fraction of sp³-hybridized carbons (Fsp3) is 0.333. The van der Waals surface area contributed by atoms with Gasteiger partial charge in [-0.15, -0.1) is 5.10 Å². The first-order chi connectivity index (χ1) is 9.49. The van der Waals surface area contributed by atoms with Gasteiger partial charge >= 0.3 is 0 Å². The number of hydrogen-bond acceptors (Lipinski definition) is 5. The van der Waals surface area contributed by atoms with Gasteiger partial charge in [0, 0.05) is 0 Å². The molecule has 1 amide bonds. The smallest absolute Gasteiger partial charge is 0.241 e. The molecule has 1 aromatic heterocycles. The summed E-state index contributed by atoms with van der Waals surface area (Å²) >= 11 is 6.07. The summed E-state index contributed by atoms with van der Waals surface area (Å²) in [4.78, 5) is 12.0. The van der Waals surface area contributed by atoms with Gasteiger partial charge in [-0.3, -0.25) is 4.79 Å². The van der Waals surface area contributed by atoms with Crippen molar-refractivity contribution < 1.29 is 4.79 Å². The van der Waals surface area contributed by atoms with Crippen LogP contribution in [0.2, 0.25) is 5.02 Å². The highest BCUT2D eigenvalue weighted by atomic mass is 35.5. The summed E-state index contributed by atoms with van der Waals surface area (Å²) < 4.78 is 1.47. The molecule has 2 aromatic rings. The summed E-state index contributed by atoms with van der Waals surface area (Å²) in [5, 5.41) is 14.0. The number of amides is 1. The van der Waals surface area contributed by atoms with Crippen LogP contribution >= 0.6 is 11.6 Å². The molecule has 2 rings (SSSR count). The van der Waals surface area contributed by atoms with E-state index >= 15 is 0 Å². The monoisotopic (exact) mass is 294 g/mol. The number of nitrogens with zero attached hydrogens (tertiary/aromatic N) is 4. The van der Waals surface area contributed by atoms with Gasteiger partial charge in [-0.25, -0.2) is 4.68 Å². The van der Waals surface area contributed by atoms with Gasteiger partial charge in [0.1, 0.15) is 6.33 Å². The second kappa shape index (κ2) is 5.98. The van der Waals surface area contributed by atoms with Crippen molar-refractivity contribution in [3.8, 4) is 5.69 Å². The minimum atomic E-state index is -0.595. The predicted molar refractivity (Wildman–Crippen MR) is 75.6 cm³/mol. The molecule has 0 radical (unpaired) electrons. The van der Waals surface area contributed by atoms with Crippen LogP contribution in [-0.4, -0.2) is 32.2 Å². The second-order valence-corrected chi connectivity index (χ2v) is 5.08. The first kappa shape index (κ1) is 14.4. The van der Waals surface area contributed by atoms with Gasteiger partial charge in [0.15, 0.2) is 0 Å². The van der Waals surface area contributed by atoms with E-state index < -0.39 is 6.04 Å². The zero-order valence-electron chi connectivity index (χ0n) is 11.1. The van der Waals surface area contributed by atoms with E-state index in [1.165, 1.54) is 11.0 Å². The molecule has 0 aliphatic carbocycles. The second-order valence-electron chi connectivity index (χ2n) is 4.68. The van der Waals surface area contributed by atoms with E-state index in [9.17, 15) is 4.79 Å². The van der Waals surface area contributed by atoms with E-state index in [1.54, 1.807) is 18.2 Å². The molecule has 1 unspecified atom stereocenters. The molecule has 3 N–H and O–H groups in total. The third-order valence-corrected chi connectivity index (χ3v) is 3.17. The summed E-state index contributed by atoms with van der Waals surface area (Å²) in [5.74, 6) is -0.243. The summed E-state index contributed by atoms with van der Waals surface area (Å²) in [6.45, 7) is 3.76. The van der Waals surface area contributed by atoms with Crippen molar-refractivity contribution in [2.75, 3.05) is 5.32 Å². The number of rotatable bonds is 4. The highest BCUT2D eigenvalue weighted by Crippen LogP contribution is 2.24. The van der Waals surface area contributed by atoms with Gasteiger partial charge in [0.2, 0.25) is 5.91 Å². The van der Waals surface area contributed by atoms with Crippen LogP contribution in [-0.2, 0) is 4.79 Å². The maximum Gasteiger partial charge on any atom is 0.241 e. The SMILES string of the molecule is CC(C)C(N)C(=O)Nc1cc(-n2cnnn2)ccc1Cl. The molecule has 0 spiro atoms. The Kier molecular flexibility index (Phi) is 4.31. The molecule has 7 nitrogen and oxygen atoms in total. The quantitative estimate of drug-likeness (QED) is 0.884. The maximum atomic E-state index is 12.0. The van der Waals surface area contributed by atoms with Gasteiger partial charge in [0.05, 0.1) is 22.4 Å². The third kappa shape index (κ3) is 3.12. The average molecular weight is 295 g/mol. The van der Waals surface area contributed by atoms with Crippen molar-refractivity contribution in [1.29, 1.82) is 0 Å². The maximum absolute atomic E-state index is 12.0. The van der Waals surface area contributed by atoms with Gasteiger partial charge < -0.3 is 11.1 Å². The number of nitrogens with two attached hydrogens (primary N) is 1. The van der Waals surface area contributed by atoms with E-state index in [2.05, 4.69) is 20.8 Å². The molecule has 1 atom stereocenters. The molecule has 0 saturated heterocycles. The summed E-state index contributed by atoms with van der Waals surface area (Å²) in [6.07, 6.45) is 1.45. The number of carbonyl (C=O) groups excluding carboxylic acids is 1. The molecule has 1 aromatic carbocycles. The van der Waals surface area contributed by atoms with Gasteiger partial charge in [-0.2, -0.15) is 0 Å². The van der Waals surface area contributed by atoms with Crippen LogP contribution in [0.4, 0.5) is 5.69 Å². The fourth-order valence-electron chi connectivity index (χ4n) is 1.55. The number of halogens is 1. The van der Waals surface area contributed by atoms with Crippen molar-refractivity contribution in [1.82, 2.24) is 20.2 Å². The predicted octanol–water partition coefficient (Wildman–Crippen LogP) is 1.24. The van der Waals surface area contributed by atoms with Crippen LogP contribution in [0.1, 0.15) is 13.8 Å². The topological polar surface area (TPSA) is 98.7 Å². The van der Waals surface area contributed by atoms with Crippen LogP contribution < -0.4 is 11.1 Å². The van der Waals surface area contributed by atoms with Crippen molar-refractivity contribution in [3.05, 3.63) is 29.5 Å². The highest BCUT2D eigenvalue weighted by Gasteiger charge is 2.18. The zero-order valence-corrected chi connectivity index (χ0v) is 11.9. The standard InChI is InChI=1S/C12H15ClN6O/c1-7(2)11(14)12(20)16-10-5-8(3-4-9(10)13)19-6-15-17-18-19/h3-7,11H,14H2,1-2H3,(H,16,20). The summed E-state index contributed by atoms with van der Waals surface area (Å²) in [6, 6.07) is 4.50. The number of tetrazole rings is 1. The Bertz CT molecular complexity index is 598. The number of carbonyl (C=O) groups is 1. The normalized spacial score (nSPS) is 12.4. The molecule has 0 saturated carbocycles. The molecule has 1 heterocycles. The Morgan fingerprint density at radius 2 is 2.20 bits per heavy atom. The Morgan fingerprint density at radius 1 is 1.45 bits per heavy atom. The molecule has 0 aliphatic rings. The van der Waals surface area contributed by atoms with Crippen LogP contribution in [0.25, 0.3) is 5.69 Å². The van der Waals surface area contributed by atoms with Crippen LogP contribution in [0.15, 0.2) is 24.5 Å². The number of aromatic nitrogens is 4. The average Bonchev–Trinajstić information content (AvgIpc) is 2.94. The number of anilines is 1. The molecule has 106 valence electrons. The van der Waals surface area contributed by atoms with E-state index in [-0.39, 0.29) is 11.8 Å². The third-order valence-electron chi connectivity index (χ3n) is 2.84. The highest BCUT2D eigenvalue weighted by molar-refractivity contribution is 6.33. The minimum absolute atomic E-state index is 0.0384. The zero-order chi connectivity index (χ0) is 14.7. The first-order valence-corrected chi connectivity index (χ1v) is 6.46. The lowest BCUT2D eigenvalue weighted by atomic mass is 10.0. The summed E-state index contributed by atoms with van der Waals surface area (Å²) in [7, 11) is 0. The van der Waals surface area contributed by atoms with Crippen molar-refractivity contribution in [2.45, 2.75) is 19.9 Å². The fourth-order valence-corrected chi connectivity index (χ4v) is 1.71.